The van der Waals surface area contributed by atoms with Crippen LogP contribution in [0.4, 0.5) is 0 Å². The van der Waals surface area contributed by atoms with E-state index < -0.39 is 23.4 Å². The molecule has 7 nitrogen and oxygen atoms in total. The second-order valence-electron chi connectivity index (χ2n) is 13.2. The van der Waals surface area contributed by atoms with Crippen molar-refractivity contribution in [2.75, 3.05) is 20.2 Å². The van der Waals surface area contributed by atoms with Crippen molar-refractivity contribution in [1.82, 2.24) is 10.2 Å². The van der Waals surface area contributed by atoms with Gasteiger partial charge in [-0.1, -0.05) is 90.1 Å². The van der Waals surface area contributed by atoms with E-state index >= 15 is 0 Å². The molecule has 3 rings (SSSR count). The first-order chi connectivity index (χ1) is 20.0. The number of benzene rings is 1. The third-order valence-corrected chi connectivity index (χ3v) is 8.91. The fourth-order valence-electron chi connectivity index (χ4n) is 6.35. The van der Waals surface area contributed by atoms with Crippen molar-refractivity contribution in [3.63, 3.8) is 0 Å². The molecule has 0 bridgehead atoms. The van der Waals surface area contributed by atoms with Gasteiger partial charge in [0.2, 0.25) is 11.8 Å². The lowest BCUT2D eigenvalue weighted by Crippen LogP contribution is -2.61. The van der Waals surface area contributed by atoms with Crippen molar-refractivity contribution < 1.29 is 23.9 Å². The highest BCUT2D eigenvalue weighted by Crippen LogP contribution is 2.51. The highest BCUT2D eigenvalue weighted by atomic mass is 16.5. The zero-order valence-electron chi connectivity index (χ0n) is 26.9. The summed E-state index contributed by atoms with van der Waals surface area (Å²) in [6.45, 7) is 11.5. The summed E-state index contributed by atoms with van der Waals surface area (Å²) >= 11 is 0. The summed E-state index contributed by atoms with van der Waals surface area (Å²) in [5, 5.41) is 3.02. The van der Waals surface area contributed by atoms with Gasteiger partial charge in [0.15, 0.2) is 0 Å². The van der Waals surface area contributed by atoms with Gasteiger partial charge in [-0.05, 0) is 56.1 Å². The topological polar surface area (TPSA) is 84.9 Å². The molecule has 234 valence electrons. The van der Waals surface area contributed by atoms with Gasteiger partial charge in [-0.3, -0.25) is 14.4 Å². The van der Waals surface area contributed by atoms with Crippen LogP contribution in [0.15, 0.2) is 42.1 Å². The third-order valence-electron chi connectivity index (χ3n) is 8.91. The minimum atomic E-state index is -1.13. The van der Waals surface area contributed by atoms with Gasteiger partial charge in [0.25, 0.3) is 0 Å². The lowest BCUT2D eigenvalue weighted by Gasteiger charge is -2.53. The maximum atomic E-state index is 14.0. The molecule has 2 heterocycles. The molecule has 0 spiro atoms. The summed E-state index contributed by atoms with van der Waals surface area (Å²) in [4.78, 5) is 42.5. The Labute approximate surface area is 253 Å². The fraction of sp³-hybridized carbons (Fsp3) is 0.686. The molecule has 2 aliphatic heterocycles. The Hall–Kier alpha value is -2.67. The van der Waals surface area contributed by atoms with Crippen LogP contribution in [-0.4, -0.2) is 55.1 Å². The number of likely N-dealkylation sites (tertiary alicyclic amines) is 1. The third kappa shape index (κ3) is 8.46. The highest BCUT2D eigenvalue weighted by molar-refractivity contribution is 5.92. The van der Waals surface area contributed by atoms with Crippen LogP contribution in [-0.2, 0) is 30.3 Å². The Bertz CT molecular complexity index is 1060. The molecule has 0 unspecified atom stereocenters. The molecule has 7 heteroatoms. The Balaban J connectivity index is 1.76. The number of amides is 2. The van der Waals surface area contributed by atoms with Gasteiger partial charge in [0.05, 0.1) is 19.3 Å². The van der Waals surface area contributed by atoms with E-state index in [9.17, 15) is 14.4 Å². The van der Waals surface area contributed by atoms with Gasteiger partial charge in [-0.25, -0.2) is 0 Å². The molecule has 42 heavy (non-hydrogen) atoms. The lowest BCUT2D eigenvalue weighted by molar-refractivity contribution is -0.180. The van der Waals surface area contributed by atoms with Gasteiger partial charge in [0.1, 0.15) is 5.41 Å². The van der Waals surface area contributed by atoms with Crippen molar-refractivity contribution in [2.24, 2.45) is 16.7 Å². The van der Waals surface area contributed by atoms with E-state index in [1.54, 1.807) is 4.90 Å². The van der Waals surface area contributed by atoms with Crippen LogP contribution in [0, 0.1) is 16.7 Å². The number of hydrogen-bond acceptors (Lipinski definition) is 5. The van der Waals surface area contributed by atoms with Crippen molar-refractivity contribution in [3.8, 4) is 0 Å². The van der Waals surface area contributed by atoms with E-state index in [-0.39, 0.29) is 36.2 Å². The highest BCUT2D eigenvalue weighted by Gasteiger charge is 2.60. The molecule has 0 radical (unpaired) electrons. The van der Waals surface area contributed by atoms with E-state index in [2.05, 4.69) is 45.1 Å². The second-order valence-corrected chi connectivity index (χ2v) is 13.2. The summed E-state index contributed by atoms with van der Waals surface area (Å²) in [6, 6.07) is 10.3. The van der Waals surface area contributed by atoms with Gasteiger partial charge in [-0.15, -0.1) is 0 Å². The lowest BCUT2D eigenvalue weighted by atomic mass is 9.65. The average molecular weight is 583 g/mol. The molecule has 0 aromatic heterocycles. The summed E-state index contributed by atoms with van der Waals surface area (Å²) in [5.41, 5.74) is 0.642. The maximum Gasteiger partial charge on any atom is 0.320 e. The number of hydrogen-bond donors (Lipinski definition) is 1. The van der Waals surface area contributed by atoms with Gasteiger partial charge < -0.3 is 19.7 Å². The van der Waals surface area contributed by atoms with Gasteiger partial charge in [0, 0.05) is 31.1 Å². The van der Waals surface area contributed by atoms with Crippen molar-refractivity contribution in [2.45, 2.75) is 117 Å². The van der Waals surface area contributed by atoms with Crippen LogP contribution in [0.3, 0.4) is 0 Å². The normalized spacial score (nSPS) is 24.1. The van der Waals surface area contributed by atoms with E-state index in [0.717, 1.165) is 38.5 Å². The van der Waals surface area contributed by atoms with Crippen molar-refractivity contribution >= 4 is 17.8 Å². The minimum Gasteiger partial charge on any atom is -0.468 e. The van der Waals surface area contributed by atoms with E-state index in [0.29, 0.717) is 18.8 Å². The number of fused-ring (bicyclic) bond motifs is 1. The molecule has 4 atom stereocenters. The molecule has 0 aliphatic carbocycles. The number of carbonyl (C=O) groups excluding carboxylic acids is 3. The monoisotopic (exact) mass is 582 g/mol. The summed E-state index contributed by atoms with van der Waals surface area (Å²) in [7, 11) is 1.39. The van der Waals surface area contributed by atoms with E-state index in [4.69, 9.17) is 9.47 Å². The zero-order chi connectivity index (χ0) is 30.8. The summed E-state index contributed by atoms with van der Waals surface area (Å²) in [6.07, 6.45) is 10.9. The predicted octanol–water partition coefficient (Wildman–Crippen LogP) is 6.60. The molecule has 2 aliphatic rings. The van der Waals surface area contributed by atoms with Crippen LogP contribution in [0.2, 0.25) is 0 Å². The Morgan fingerprint density at radius 2 is 1.74 bits per heavy atom. The number of unbranched alkanes of at least 4 members (excludes halogenated alkanes) is 6. The Kier molecular flexibility index (Phi) is 12.6. The molecule has 0 saturated carbocycles. The van der Waals surface area contributed by atoms with E-state index in [1.807, 2.05) is 31.2 Å². The number of nitrogens with one attached hydrogen (secondary N) is 1. The van der Waals surface area contributed by atoms with Crippen LogP contribution in [0.25, 0.3) is 0 Å². The first kappa shape index (κ1) is 33.8. The Morgan fingerprint density at radius 1 is 1.05 bits per heavy atom. The number of esters is 1. The molecular weight excluding hydrogens is 528 g/mol. The number of carbonyl (C=O) groups is 3. The maximum absolute atomic E-state index is 14.0. The summed E-state index contributed by atoms with van der Waals surface area (Å²) in [5.74, 6) is -1.25. The van der Waals surface area contributed by atoms with Crippen LogP contribution in [0.1, 0.15) is 104 Å². The standard InChI is InChI=1S/C35H54N2O5/c1-7-8-9-10-11-17-22-37-29-24-30(34(3,4)5)42-26(2)35(29,33(40)41-6)25-28(32(37)39)23-31(38)36-21-16-15-20-27-18-13-12-14-19-27/h12-14,18-19,24,26,28,30H,7-11,15-17,20-23,25H2,1-6H3,(H,36,38)/t26-,28+,30-,35+/m1/s1. The van der Waals surface area contributed by atoms with Gasteiger partial charge in [-0.2, -0.15) is 0 Å². The first-order valence-electron chi connectivity index (χ1n) is 16.1. The van der Waals surface area contributed by atoms with Crippen molar-refractivity contribution in [1.29, 1.82) is 0 Å². The zero-order valence-corrected chi connectivity index (χ0v) is 26.9. The van der Waals surface area contributed by atoms with Gasteiger partial charge >= 0.3 is 5.97 Å². The number of methoxy groups -OCH3 is 1. The molecule has 1 saturated heterocycles. The Morgan fingerprint density at radius 3 is 2.40 bits per heavy atom. The molecule has 1 aromatic carbocycles. The molecule has 1 fully saturated rings. The minimum absolute atomic E-state index is 0.0476. The number of piperidine rings is 1. The predicted molar refractivity (Wildman–Crippen MR) is 167 cm³/mol. The fourth-order valence-corrected chi connectivity index (χ4v) is 6.35. The average Bonchev–Trinajstić information content (AvgIpc) is 2.96. The first-order valence-corrected chi connectivity index (χ1v) is 16.1. The van der Waals surface area contributed by atoms with E-state index in [1.165, 1.54) is 31.9 Å². The SMILES string of the molecule is CCCCCCCCN1C(=O)[C@@H](CC(=O)NCCCCc2ccccc2)C[C@@]2(C(=O)OC)C1=C[C@H](C(C)(C)C)O[C@@H]2C. The van der Waals surface area contributed by atoms with Crippen LogP contribution < -0.4 is 5.32 Å². The number of rotatable bonds is 15. The largest absolute Gasteiger partial charge is 0.468 e. The smallest absolute Gasteiger partial charge is 0.320 e. The molecular formula is C35H54N2O5. The van der Waals surface area contributed by atoms with Crippen LogP contribution >= 0.6 is 0 Å². The number of nitrogens with zero attached hydrogens (tertiary/aromatic N) is 1. The summed E-state index contributed by atoms with van der Waals surface area (Å²) < 4.78 is 11.8. The second kappa shape index (κ2) is 15.7. The molecule has 2 amide bonds. The number of ether oxygens (including phenoxy) is 2. The molecule has 1 aromatic rings. The number of aryl methyl sites for hydroxylation is 1. The van der Waals surface area contributed by atoms with Crippen LogP contribution in [0.5, 0.6) is 0 Å². The molecule has 1 N–H and O–H groups in total. The van der Waals surface area contributed by atoms with Crippen molar-refractivity contribution in [3.05, 3.63) is 47.7 Å². The quantitative estimate of drug-likeness (QED) is 0.186.